The summed E-state index contributed by atoms with van der Waals surface area (Å²) in [6.45, 7) is 0. The molecular formula is C22H18N4O3S2. The maximum absolute atomic E-state index is 11.4. The summed E-state index contributed by atoms with van der Waals surface area (Å²) in [6.07, 6.45) is 2.78. The van der Waals surface area contributed by atoms with Crippen LogP contribution < -0.4 is 5.43 Å². The molecule has 156 valence electrons. The van der Waals surface area contributed by atoms with E-state index in [4.69, 9.17) is 0 Å². The molecule has 2 heterocycles. The molecule has 0 amide bonds. The van der Waals surface area contributed by atoms with Gasteiger partial charge in [-0.2, -0.15) is 13.5 Å². The number of hydrazone groups is 1. The lowest BCUT2D eigenvalue weighted by Gasteiger charge is -2.19. The molecule has 5 rings (SSSR count). The largest absolute Gasteiger partial charge is 0.312 e. The lowest BCUT2D eigenvalue weighted by molar-refractivity contribution is 0.479. The summed E-state index contributed by atoms with van der Waals surface area (Å²) in [5.41, 5.74) is 8.39. The minimum atomic E-state index is -4.36. The van der Waals surface area contributed by atoms with Crippen LogP contribution in [0.5, 0.6) is 0 Å². The molecule has 0 atom stereocenters. The van der Waals surface area contributed by atoms with Crippen LogP contribution in [-0.2, 0) is 16.5 Å². The molecule has 1 aliphatic rings. The first-order valence-electron chi connectivity index (χ1n) is 9.74. The first kappa shape index (κ1) is 19.8. The maximum atomic E-state index is 11.4. The van der Waals surface area contributed by atoms with Crippen molar-refractivity contribution in [1.82, 2.24) is 9.97 Å². The summed E-state index contributed by atoms with van der Waals surface area (Å²) in [7, 11) is -4.36. The fourth-order valence-electron chi connectivity index (χ4n) is 3.67. The Labute approximate surface area is 183 Å². The summed E-state index contributed by atoms with van der Waals surface area (Å²) in [5, 5.41) is 5.01. The van der Waals surface area contributed by atoms with Crippen molar-refractivity contribution in [3.8, 4) is 11.3 Å². The number of fused-ring (bicyclic) bond motifs is 2. The Morgan fingerprint density at radius 3 is 2.71 bits per heavy atom. The number of para-hydroxylation sites is 1. The molecule has 0 unspecified atom stereocenters. The zero-order chi connectivity index (χ0) is 21.4. The quantitative estimate of drug-likeness (QED) is 0.343. The molecule has 1 aliphatic carbocycles. The van der Waals surface area contributed by atoms with Gasteiger partial charge >= 0.3 is 10.1 Å². The summed E-state index contributed by atoms with van der Waals surface area (Å²) < 4.78 is 33.3. The molecular weight excluding hydrogens is 432 g/mol. The number of benzene rings is 2. The van der Waals surface area contributed by atoms with E-state index in [1.165, 1.54) is 11.6 Å². The van der Waals surface area contributed by atoms with E-state index in [1.54, 1.807) is 23.5 Å². The number of hydrogen-bond donors (Lipinski definition) is 2. The number of rotatable bonds is 4. The van der Waals surface area contributed by atoms with Crippen molar-refractivity contribution in [3.63, 3.8) is 0 Å². The van der Waals surface area contributed by atoms with Crippen LogP contribution in [0.1, 0.15) is 24.0 Å². The maximum Gasteiger partial charge on any atom is 0.312 e. The predicted octanol–water partition coefficient (Wildman–Crippen LogP) is 4.76. The van der Waals surface area contributed by atoms with Gasteiger partial charge in [0.15, 0.2) is 5.03 Å². The standard InChI is InChI=1S/C22H18N4O3S2/c27-31(28,29)21-10-4-7-17(23-21)15-12-11-14-5-3-8-18(16(14)13-15)25-26-22-24-19-6-1-2-9-20(19)30-22/h1-2,4,6-7,9-13H,3,5,8H2,(H,24,26)(H,27,28,29). The summed E-state index contributed by atoms with van der Waals surface area (Å²) in [4.78, 5) is 8.66. The van der Waals surface area contributed by atoms with Gasteiger partial charge in [0.1, 0.15) is 0 Å². The van der Waals surface area contributed by atoms with Crippen LogP contribution in [0.25, 0.3) is 21.5 Å². The smallest absolute Gasteiger partial charge is 0.281 e. The van der Waals surface area contributed by atoms with E-state index in [2.05, 4.69) is 20.5 Å². The van der Waals surface area contributed by atoms with Gasteiger partial charge in [-0.25, -0.2) is 9.97 Å². The zero-order valence-corrected chi connectivity index (χ0v) is 17.9. The van der Waals surface area contributed by atoms with Crippen LogP contribution in [-0.4, -0.2) is 28.7 Å². The Kier molecular flexibility index (Phi) is 5.01. The average Bonchev–Trinajstić information content (AvgIpc) is 3.20. The second kappa shape index (κ2) is 7.84. The van der Waals surface area contributed by atoms with Crippen molar-refractivity contribution in [2.75, 3.05) is 5.43 Å². The number of nitrogens with zero attached hydrogens (tertiary/aromatic N) is 3. The molecule has 2 aromatic carbocycles. The molecule has 4 aromatic rings. The van der Waals surface area contributed by atoms with Gasteiger partial charge in [-0.1, -0.05) is 41.7 Å². The van der Waals surface area contributed by atoms with Crippen molar-refractivity contribution in [1.29, 1.82) is 0 Å². The minimum absolute atomic E-state index is 0.367. The van der Waals surface area contributed by atoms with Gasteiger partial charge in [0.2, 0.25) is 5.13 Å². The highest BCUT2D eigenvalue weighted by molar-refractivity contribution is 7.85. The van der Waals surface area contributed by atoms with E-state index in [9.17, 15) is 13.0 Å². The van der Waals surface area contributed by atoms with Crippen molar-refractivity contribution in [2.24, 2.45) is 5.10 Å². The Hall–Kier alpha value is -3.14. The van der Waals surface area contributed by atoms with Crippen LogP contribution in [0.15, 0.2) is 70.8 Å². The molecule has 7 nitrogen and oxygen atoms in total. The monoisotopic (exact) mass is 450 g/mol. The van der Waals surface area contributed by atoms with E-state index in [-0.39, 0.29) is 5.03 Å². The summed E-state index contributed by atoms with van der Waals surface area (Å²) >= 11 is 1.55. The van der Waals surface area contributed by atoms with Gasteiger partial charge in [0.05, 0.1) is 21.6 Å². The number of nitrogens with one attached hydrogen (secondary N) is 1. The second-order valence-electron chi connectivity index (χ2n) is 7.22. The van der Waals surface area contributed by atoms with E-state index in [0.29, 0.717) is 5.69 Å². The molecule has 2 N–H and O–H groups in total. The highest BCUT2D eigenvalue weighted by Gasteiger charge is 2.18. The molecule has 0 bridgehead atoms. The van der Waals surface area contributed by atoms with Gasteiger partial charge in [-0.3, -0.25) is 9.98 Å². The number of thiazole rings is 1. The fraction of sp³-hybridized carbons (Fsp3) is 0.136. The van der Waals surface area contributed by atoms with Gasteiger partial charge < -0.3 is 0 Å². The highest BCUT2D eigenvalue weighted by Crippen LogP contribution is 2.29. The first-order valence-corrected chi connectivity index (χ1v) is 12.0. The second-order valence-corrected chi connectivity index (χ2v) is 9.62. The zero-order valence-electron chi connectivity index (χ0n) is 16.3. The highest BCUT2D eigenvalue weighted by atomic mass is 32.2. The van der Waals surface area contributed by atoms with Crippen LogP contribution in [0, 0.1) is 0 Å². The predicted molar refractivity (Wildman–Crippen MR) is 122 cm³/mol. The average molecular weight is 451 g/mol. The fourth-order valence-corrected chi connectivity index (χ4v) is 4.95. The summed E-state index contributed by atoms with van der Waals surface area (Å²) in [6, 6.07) is 18.4. The summed E-state index contributed by atoms with van der Waals surface area (Å²) in [5.74, 6) is 0. The molecule has 0 fully saturated rings. The Bertz CT molecular complexity index is 1390. The van der Waals surface area contributed by atoms with E-state index < -0.39 is 10.1 Å². The molecule has 0 spiro atoms. The molecule has 9 heteroatoms. The van der Waals surface area contributed by atoms with Gasteiger partial charge in [-0.05, 0) is 55.2 Å². The SMILES string of the molecule is O=S(=O)(O)c1cccc(-c2ccc3c(c2)C(=NNc2nc4ccccc4s2)CCC3)n1. The number of anilines is 1. The van der Waals surface area contributed by atoms with Crippen molar-refractivity contribution in [2.45, 2.75) is 24.3 Å². The third kappa shape index (κ3) is 4.07. The van der Waals surface area contributed by atoms with Crippen molar-refractivity contribution < 1.29 is 13.0 Å². The third-order valence-corrected chi connectivity index (χ3v) is 6.84. The molecule has 0 saturated heterocycles. The van der Waals surface area contributed by atoms with Crippen LogP contribution >= 0.6 is 11.3 Å². The lowest BCUT2D eigenvalue weighted by Crippen LogP contribution is -2.14. The topological polar surface area (TPSA) is 105 Å². The van der Waals surface area contributed by atoms with Crippen molar-refractivity contribution >= 4 is 42.5 Å². The molecule has 0 radical (unpaired) electrons. The van der Waals surface area contributed by atoms with E-state index >= 15 is 0 Å². The Morgan fingerprint density at radius 1 is 1.00 bits per heavy atom. The molecule has 0 aliphatic heterocycles. The van der Waals surface area contributed by atoms with E-state index in [1.807, 2.05) is 42.5 Å². The van der Waals surface area contributed by atoms with Gasteiger partial charge in [-0.15, -0.1) is 0 Å². The normalized spacial score (nSPS) is 15.2. The Morgan fingerprint density at radius 2 is 1.87 bits per heavy atom. The number of hydrogen-bond acceptors (Lipinski definition) is 7. The number of aromatic nitrogens is 2. The third-order valence-electron chi connectivity index (χ3n) is 5.14. The lowest BCUT2D eigenvalue weighted by atomic mass is 9.88. The Balaban J connectivity index is 1.49. The molecule has 2 aromatic heterocycles. The molecule has 0 saturated carbocycles. The molecule has 31 heavy (non-hydrogen) atoms. The first-order chi connectivity index (χ1) is 15.0. The number of pyridine rings is 1. The van der Waals surface area contributed by atoms with E-state index in [0.717, 1.165) is 51.4 Å². The minimum Gasteiger partial charge on any atom is -0.281 e. The van der Waals surface area contributed by atoms with Gasteiger partial charge in [0.25, 0.3) is 0 Å². The van der Waals surface area contributed by atoms with Crippen molar-refractivity contribution in [3.05, 3.63) is 71.8 Å². The van der Waals surface area contributed by atoms with Gasteiger partial charge in [0, 0.05) is 11.1 Å². The number of aryl methyl sites for hydroxylation is 1. The van der Waals surface area contributed by atoms with Crippen LogP contribution in [0.3, 0.4) is 0 Å². The van der Waals surface area contributed by atoms with Crippen LogP contribution in [0.4, 0.5) is 5.13 Å². The van der Waals surface area contributed by atoms with Crippen LogP contribution in [0.2, 0.25) is 0 Å².